The number of ketones is 1. The molecule has 104 valence electrons. The SMILES string of the molecule is CCC1(C(=O)c2cccc(OC(C)C)c2)CCCN1. The molecule has 1 atom stereocenters. The predicted octanol–water partition coefficient (Wildman–Crippen LogP) is 3.19. The molecule has 0 amide bonds. The summed E-state index contributed by atoms with van der Waals surface area (Å²) in [6.45, 7) is 6.98. The van der Waals surface area contributed by atoms with E-state index in [1.807, 2.05) is 38.1 Å². The van der Waals surface area contributed by atoms with Gasteiger partial charge in [-0.3, -0.25) is 4.79 Å². The molecule has 1 N–H and O–H groups in total. The first kappa shape index (κ1) is 14.1. The van der Waals surface area contributed by atoms with Crippen LogP contribution in [-0.4, -0.2) is 24.0 Å². The van der Waals surface area contributed by atoms with Crippen LogP contribution in [-0.2, 0) is 0 Å². The second kappa shape index (κ2) is 5.74. The van der Waals surface area contributed by atoms with E-state index in [9.17, 15) is 4.79 Å². The Balaban J connectivity index is 2.23. The first-order chi connectivity index (χ1) is 9.07. The van der Waals surface area contributed by atoms with Crippen molar-refractivity contribution in [2.45, 2.75) is 51.7 Å². The highest BCUT2D eigenvalue weighted by atomic mass is 16.5. The van der Waals surface area contributed by atoms with Crippen LogP contribution in [0, 0.1) is 0 Å². The van der Waals surface area contributed by atoms with Gasteiger partial charge >= 0.3 is 0 Å². The average Bonchev–Trinajstić information content (AvgIpc) is 2.87. The Labute approximate surface area is 115 Å². The third-order valence-electron chi connectivity index (χ3n) is 3.75. The number of hydrogen-bond acceptors (Lipinski definition) is 3. The zero-order valence-electron chi connectivity index (χ0n) is 12.0. The minimum Gasteiger partial charge on any atom is -0.491 e. The lowest BCUT2D eigenvalue weighted by Crippen LogP contribution is -2.47. The van der Waals surface area contributed by atoms with Gasteiger partial charge in [0.2, 0.25) is 0 Å². The fourth-order valence-corrected chi connectivity index (χ4v) is 2.72. The van der Waals surface area contributed by atoms with Crippen LogP contribution < -0.4 is 10.1 Å². The fourth-order valence-electron chi connectivity index (χ4n) is 2.72. The number of Topliss-reactive ketones (excluding diaryl/α,β-unsaturated/α-hetero) is 1. The molecule has 1 aliphatic heterocycles. The molecule has 1 aromatic rings. The minimum absolute atomic E-state index is 0.120. The molecule has 1 fully saturated rings. The molecule has 0 aromatic heterocycles. The maximum Gasteiger partial charge on any atom is 0.182 e. The van der Waals surface area contributed by atoms with E-state index in [0.29, 0.717) is 0 Å². The van der Waals surface area contributed by atoms with Crippen LogP contribution in [0.1, 0.15) is 50.4 Å². The maximum atomic E-state index is 12.7. The summed E-state index contributed by atoms with van der Waals surface area (Å²) in [6.07, 6.45) is 2.95. The maximum absolute atomic E-state index is 12.7. The molecule has 0 aliphatic carbocycles. The van der Waals surface area contributed by atoms with Crippen LogP contribution in [0.3, 0.4) is 0 Å². The topological polar surface area (TPSA) is 38.3 Å². The molecule has 19 heavy (non-hydrogen) atoms. The van der Waals surface area contributed by atoms with Gasteiger partial charge in [0, 0.05) is 5.56 Å². The van der Waals surface area contributed by atoms with E-state index >= 15 is 0 Å². The van der Waals surface area contributed by atoms with Gasteiger partial charge in [0.1, 0.15) is 5.75 Å². The van der Waals surface area contributed by atoms with E-state index in [2.05, 4.69) is 12.2 Å². The van der Waals surface area contributed by atoms with Crippen LogP contribution in [0.2, 0.25) is 0 Å². The summed E-state index contributed by atoms with van der Waals surface area (Å²) < 4.78 is 5.66. The van der Waals surface area contributed by atoms with Crippen molar-refractivity contribution in [3.05, 3.63) is 29.8 Å². The second-order valence-electron chi connectivity index (χ2n) is 5.49. The zero-order valence-corrected chi connectivity index (χ0v) is 12.0. The van der Waals surface area contributed by atoms with Crippen LogP contribution in [0.4, 0.5) is 0 Å². The van der Waals surface area contributed by atoms with Gasteiger partial charge in [0.25, 0.3) is 0 Å². The number of hydrogen-bond donors (Lipinski definition) is 1. The molecule has 1 saturated heterocycles. The molecule has 0 saturated carbocycles. The van der Waals surface area contributed by atoms with Gasteiger partial charge in [-0.15, -0.1) is 0 Å². The van der Waals surface area contributed by atoms with E-state index in [1.54, 1.807) is 0 Å². The van der Waals surface area contributed by atoms with Gasteiger partial charge < -0.3 is 10.1 Å². The normalized spacial score (nSPS) is 22.7. The Morgan fingerprint density at radius 3 is 2.84 bits per heavy atom. The van der Waals surface area contributed by atoms with Crippen molar-refractivity contribution >= 4 is 5.78 Å². The quantitative estimate of drug-likeness (QED) is 0.827. The van der Waals surface area contributed by atoms with E-state index in [1.165, 1.54) is 0 Å². The number of nitrogens with one attached hydrogen (secondary N) is 1. The van der Waals surface area contributed by atoms with Crippen molar-refractivity contribution in [2.75, 3.05) is 6.54 Å². The fraction of sp³-hybridized carbons (Fsp3) is 0.562. The Morgan fingerprint density at radius 1 is 1.47 bits per heavy atom. The number of carbonyl (C=O) groups is 1. The molecule has 1 aromatic carbocycles. The van der Waals surface area contributed by atoms with E-state index in [-0.39, 0.29) is 17.4 Å². The summed E-state index contributed by atoms with van der Waals surface area (Å²) >= 11 is 0. The van der Waals surface area contributed by atoms with Gasteiger partial charge in [0.05, 0.1) is 11.6 Å². The van der Waals surface area contributed by atoms with E-state index < -0.39 is 0 Å². The lowest BCUT2D eigenvalue weighted by Gasteiger charge is -2.26. The van der Waals surface area contributed by atoms with Crippen molar-refractivity contribution in [1.29, 1.82) is 0 Å². The molecule has 1 unspecified atom stereocenters. The number of carbonyl (C=O) groups excluding carboxylic acids is 1. The Hall–Kier alpha value is -1.35. The highest BCUT2D eigenvalue weighted by Gasteiger charge is 2.39. The van der Waals surface area contributed by atoms with Gasteiger partial charge in [-0.25, -0.2) is 0 Å². The summed E-state index contributed by atoms with van der Waals surface area (Å²) in [6, 6.07) is 7.54. The predicted molar refractivity (Wildman–Crippen MR) is 76.8 cm³/mol. The van der Waals surface area contributed by atoms with Crippen LogP contribution in [0.5, 0.6) is 5.75 Å². The molecule has 0 spiro atoms. The molecule has 1 heterocycles. The molecular formula is C16H23NO2. The molecule has 0 bridgehead atoms. The average molecular weight is 261 g/mol. The van der Waals surface area contributed by atoms with Crippen LogP contribution in [0.25, 0.3) is 0 Å². The minimum atomic E-state index is -0.365. The highest BCUT2D eigenvalue weighted by molar-refractivity contribution is 6.03. The zero-order chi connectivity index (χ0) is 13.9. The summed E-state index contributed by atoms with van der Waals surface area (Å²) in [5.74, 6) is 0.965. The van der Waals surface area contributed by atoms with Crippen molar-refractivity contribution in [1.82, 2.24) is 5.32 Å². The summed E-state index contributed by atoms with van der Waals surface area (Å²) in [5, 5.41) is 3.39. The Bertz CT molecular complexity index is 448. The first-order valence-electron chi connectivity index (χ1n) is 7.14. The van der Waals surface area contributed by atoms with Crippen LogP contribution in [0.15, 0.2) is 24.3 Å². The van der Waals surface area contributed by atoms with E-state index in [4.69, 9.17) is 4.74 Å². The molecule has 3 nitrogen and oxygen atoms in total. The van der Waals surface area contributed by atoms with Crippen molar-refractivity contribution in [2.24, 2.45) is 0 Å². The molecule has 1 aliphatic rings. The third-order valence-corrected chi connectivity index (χ3v) is 3.75. The molecule has 3 heteroatoms. The van der Waals surface area contributed by atoms with Crippen molar-refractivity contribution in [3.8, 4) is 5.75 Å². The Morgan fingerprint density at radius 2 is 2.26 bits per heavy atom. The summed E-state index contributed by atoms with van der Waals surface area (Å²) in [5.41, 5.74) is 0.380. The van der Waals surface area contributed by atoms with Crippen molar-refractivity contribution in [3.63, 3.8) is 0 Å². The van der Waals surface area contributed by atoms with Gasteiger partial charge in [-0.1, -0.05) is 19.1 Å². The first-order valence-corrected chi connectivity index (χ1v) is 7.14. The highest BCUT2D eigenvalue weighted by Crippen LogP contribution is 2.28. The van der Waals surface area contributed by atoms with Gasteiger partial charge in [-0.05, 0) is 51.8 Å². The smallest absolute Gasteiger partial charge is 0.182 e. The Kier molecular flexibility index (Phi) is 4.25. The lowest BCUT2D eigenvalue weighted by molar-refractivity contribution is 0.0863. The second-order valence-corrected chi connectivity index (χ2v) is 5.49. The molecular weight excluding hydrogens is 238 g/mol. The largest absolute Gasteiger partial charge is 0.491 e. The third kappa shape index (κ3) is 2.98. The van der Waals surface area contributed by atoms with Gasteiger partial charge in [0.15, 0.2) is 5.78 Å². The monoisotopic (exact) mass is 261 g/mol. The standard InChI is InChI=1S/C16H23NO2/c1-4-16(9-6-10-17-16)15(18)13-7-5-8-14(11-13)19-12(2)3/h5,7-8,11-12,17H,4,6,9-10H2,1-3H3. The lowest BCUT2D eigenvalue weighted by atomic mass is 9.85. The number of ether oxygens (including phenoxy) is 1. The van der Waals surface area contributed by atoms with E-state index in [0.717, 1.165) is 37.1 Å². The molecule has 2 rings (SSSR count). The van der Waals surface area contributed by atoms with Gasteiger partial charge in [-0.2, -0.15) is 0 Å². The summed E-state index contributed by atoms with van der Waals surface area (Å²) in [7, 11) is 0. The van der Waals surface area contributed by atoms with Crippen molar-refractivity contribution < 1.29 is 9.53 Å². The molecule has 0 radical (unpaired) electrons. The summed E-state index contributed by atoms with van der Waals surface area (Å²) in [4.78, 5) is 12.7. The number of benzene rings is 1. The van der Waals surface area contributed by atoms with Crippen LogP contribution >= 0.6 is 0 Å². The number of rotatable bonds is 5.